The molecule has 0 aliphatic rings. The highest BCUT2D eigenvalue weighted by atomic mass is 35.5. The van der Waals surface area contributed by atoms with E-state index in [-0.39, 0.29) is 0 Å². The summed E-state index contributed by atoms with van der Waals surface area (Å²) in [7, 11) is 0. The van der Waals surface area contributed by atoms with Crippen LogP contribution in [0.3, 0.4) is 0 Å². The zero-order valence-corrected chi connectivity index (χ0v) is 11.1. The lowest BCUT2D eigenvalue weighted by Gasteiger charge is -2.14. The molecule has 1 unspecified atom stereocenters. The van der Waals surface area contributed by atoms with Gasteiger partial charge in [0, 0.05) is 19.0 Å². The molecular weight excluding hydrogens is 210 g/mol. The molecule has 1 N–H and O–H groups in total. The van der Waals surface area contributed by atoms with Crippen molar-refractivity contribution in [2.75, 3.05) is 32.2 Å². The molecule has 0 saturated carbocycles. The standard InChI is InChI=1S/C12H26ClNO/c1-4-12(5-6-13)9-14-7-8-15-10-11(2)3/h11-12,14H,4-10H2,1-3H3. The van der Waals surface area contributed by atoms with Crippen molar-refractivity contribution in [3.63, 3.8) is 0 Å². The van der Waals surface area contributed by atoms with Gasteiger partial charge < -0.3 is 10.1 Å². The summed E-state index contributed by atoms with van der Waals surface area (Å²) in [5.41, 5.74) is 0. The van der Waals surface area contributed by atoms with Gasteiger partial charge in [0.05, 0.1) is 6.61 Å². The first-order valence-corrected chi connectivity index (χ1v) is 6.58. The summed E-state index contributed by atoms with van der Waals surface area (Å²) >= 11 is 5.72. The predicted octanol–water partition coefficient (Wildman–Crippen LogP) is 2.90. The fraction of sp³-hybridized carbons (Fsp3) is 1.00. The Kier molecular flexibility index (Phi) is 10.9. The van der Waals surface area contributed by atoms with Crippen LogP contribution in [0.5, 0.6) is 0 Å². The van der Waals surface area contributed by atoms with Crippen LogP contribution in [0, 0.1) is 11.8 Å². The first-order chi connectivity index (χ1) is 7.20. The van der Waals surface area contributed by atoms with Crippen molar-refractivity contribution < 1.29 is 4.74 Å². The molecule has 0 aromatic carbocycles. The van der Waals surface area contributed by atoms with Gasteiger partial charge in [-0.05, 0) is 24.8 Å². The molecule has 0 radical (unpaired) electrons. The second-order valence-corrected chi connectivity index (χ2v) is 4.80. The van der Waals surface area contributed by atoms with Crippen molar-refractivity contribution in [1.29, 1.82) is 0 Å². The van der Waals surface area contributed by atoms with E-state index in [0.29, 0.717) is 11.8 Å². The molecule has 0 fully saturated rings. The van der Waals surface area contributed by atoms with E-state index in [1.54, 1.807) is 0 Å². The summed E-state index contributed by atoms with van der Waals surface area (Å²) in [5, 5.41) is 3.41. The van der Waals surface area contributed by atoms with Crippen LogP contribution in [0.15, 0.2) is 0 Å². The maximum atomic E-state index is 5.72. The Bertz CT molecular complexity index is 131. The van der Waals surface area contributed by atoms with Crippen molar-refractivity contribution in [1.82, 2.24) is 5.32 Å². The van der Waals surface area contributed by atoms with E-state index in [1.807, 2.05) is 0 Å². The predicted molar refractivity (Wildman–Crippen MR) is 67.6 cm³/mol. The Morgan fingerprint density at radius 2 is 2.07 bits per heavy atom. The van der Waals surface area contributed by atoms with Gasteiger partial charge in [-0.2, -0.15) is 0 Å². The second kappa shape index (κ2) is 10.7. The smallest absolute Gasteiger partial charge is 0.0591 e. The van der Waals surface area contributed by atoms with Crippen molar-refractivity contribution >= 4 is 11.6 Å². The Morgan fingerprint density at radius 1 is 1.33 bits per heavy atom. The van der Waals surface area contributed by atoms with E-state index in [9.17, 15) is 0 Å². The quantitative estimate of drug-likeness (QED) is 0.465. The first-order valence-electron chi connectivity index (χ1n) is 6.05. The molecule has 15 heavy (non-hydrogen) atoms. The normalized spacial score (nSPS) is 13.4. The van der Waals surface area contributed by atoms with Gasteiger partial charge in [-0.3, -0.25) is 0 Å². The van der Waals surface area contributed by atoms with Gasteiger partial charge in [-0.25, -0.2) is 0 Å². The van der Waals surface area contributed by atoms with Gasteiger partial charge in [0.2, 0.25) is 0 Å². The molecule has 0 aliphatic carbocycles. The number of ether oxygens (including phenoxy) is 1. The Balaban J connectivity index is 3.21. The van der Waals surface area contributed by atoms with Crippen LogP contribution in [0.1, 0.15) is 33.6 Å². The average Bonchev–Trinajstić information content (AvgIpc) is 2.21. The van der Waals surface area contributed by atoms with Crippen molar-refractivity contribution in [3.05, 3.63) is 0 Å². The van der Waals surface area contributed by atoms with E-state index in [0.717, 1.165) is 38.6 Å². The first kappa shape index (κ1) is 15.2. The molecule has 2 nitrogen and oxygen atoms in total. The Hall–Kier alpha value is 0.210. The van der Waals surface area contributed by atoms with Crippen LogP contribution in [0.2, 0.25) is 0 Å². The van der Waals surface area contributed by atoms with E-state index in [4.69, 9.17) is 16.3 Å². The van der Waals surface area contributed by atoms with Gasteiger partial charge in [0.15, 0.2) is 0 Å². The summed E-state index contributed by atoms with van der Waals surface area (Å²) in [6.07, 6.45) is 2.31. The SMILES string of the molecule is CCC(CCCl)CNCCOCC(C)C. The molecule has 0 aromatic heterocycles. The third-order valence-corrected chi connectivity index (χ3v) is 2.62. The molecule has 3 heteroatoms. The fourth-order valence-electron chi connectivity index (χ4n) is 1.37. The minimum absolute atomic E-state index is 0.629. The van der Waals surface area contributed by atoms with Gasteiger partial charge in [0.1, 0.15) is 0 Å². The average molecular weight is 236 g/mol. The van der Waals surface area contributed by atoms with Crippen molar-refractivity contribution in [3.8, 4) is 0 Å². The maximum Gasteiger partial charge on any atom is 0.0591 e. The summed E-state index contributed by atoms with van der Waals surface area (Å²) in [6.45, 7) is 10.2. The number of nitrogens with one attached hydrogen (secondary N) is 1. The summed E-state index contributed by atoms with van der Waals surface area (Å²) in [6, 6.07) is 0. The van der Waals surface area contributed by atoms with Crippen LogP contribution in [-0.4, -0.2) is 32.2 Å². The second-order valence-electron chi connectivity index (χ2n) is 4.42. The molecule has 0 rings (SSSR count). The highest BCUT2D eigenvalue weighted by Gasteiger charge is 2.04. The van der Waals surface area contributed by atoms with Crippen LogP contribution < -0.4 is 5.32 Å². The lowest BCUT2D eigenvalue weighted by atomic mass is 10.0. The van der Waals surface area contributed by atoms with E-state index in [1.165, 1.54) is 6.42 Å². The Labute approximate surface area is 99.7 Å². The topological polar surface area (TPSA) is 21.3 Å². The number of rotatable bonds is 10. The molecule has 0 amide bonds. The van der Waals surface area contributed by atoms with Crippen LogP contribution in [0.25, 0.3) is 0 Å². The summed E-state index contributed by atoms with van der Waals surface area (Å²) in [4.78, 5) is 0. The molecule has 0 heterocycles. The molecule has 0 aliphatic heterocycles. The van der Waals surface area contributed by atoms with Gasteiger partial charge >= 0.3 is 0 Å². The number of halogens is 1. The molecule has 0 bridgehead atoms. The highest BCUT2D eigenvalue weighted by Crippen LogP contribution is 2.07. The Morgan fingerprint density at radius 3 is 2.60 bits per heavy atom. The minimum atomic E-state index is 0.629. The zero-order chi connectivity index (χ0) is 11.5. The van der Waals surface area contributed by atoms with Crippen molar-refractivity contribution in [2.45, 2.75) is 33.6 Å². The lowest BCUT2D eigenvalue weighted by Crippen LogP contribution is -2.26. The molecule has 1 atom stereocenters. The summed E-state index contributed by atoms with van der Waals surface area (Å²) in [5.74, 6) is 2.11. The zero-order valence-electron chi connectivity index (χ0n) is 10.4. The van der Waals surface area contributed by atoms with Gasteiger partial charge in [-0.15, -0.1) is 11.6 Å². The third-order valence-electron chi connectivity index (χ3n) is 2.40. The van der Waals surface area contributed by atoms with Gasteiger partial charge in [-0.1, -0.05) is 27.2 Å². The number of hydrogen-bond donors (Lipinski definition) is 1. The third kappa shape index (κ3) is 10.5. The molecule has 0 saturated heterocycles. The molecule has 0 spiro atoms. The lowest BCUT2D eigenvalue weighted by molar-refractivity contribution is 0.111. The number of hydrogen-bond acceptors (Lipinski definition) is 2. The fourth-order valence-corrected chi connectivity index (χ4v) is 1.68. The minimum Gasteiger partial charge on any atom is -0.380 e. The molecule has 0 aromatic rings. The largest absolute Gasteiger partial charge is 0.380 e. The van der Waals surface area contributed by atoms with Gasteiger partial charge in [0.25, 0.3) is 0 Å². The molecular formula is C12H26ClNO. The molecule has 92 valence electrons. The van der Waals surface area contributed by atoms with E-state index in [2.05, 4.69) is 26.1 Å². The van der Waals surface area contributed by atoms with E-state index >= 15 is 0 Å². The monoisotopic (exact) mass is 235 g/mol. The van der Waals surface area contributed by atoms with Crippen LogP contribution >= 0.6 is 11.6 Å². The van der Waals surface area contributed by atoms with E-state index < -0.39 is 0 Å². The van der Waals surface area contributed by atoms with Crippen molar-refractivity contribution in [2.24, 2.45) is 11.8 Å². The van der Waals surface area contributed by atoms with Crippen LogP contribution in [0.4, 0.5) is 0 Å². The number of alkyl halides is 1. The summed E-state index contributed by atoms with van der Waals surface area (Å²) < 4.78 is 5.48. The van der Waals surface area contributed by atoms with Crippen LogP contribution in [-0.2, 0) is 4.74 Å². The maximum absolute atomic E-state index is 5.72. The highest BCUT2D eigenvalue weighted by molar-refractivity contribution is 6.17.